The molecule has 1 rings (SSSR count). The number of halogens is 1. The number of hydrogen-bond acceptors (Lipinski definition) is 2. The Hall–Kier alpha value is -1.09. The maximum absolute atomic E-state index is 12.1. The number of hydrogen-bond donors (Lipinski definition) is 1. The predicted molar refractivity (Wildman–Crippen MR) is 45.9 cm³/mol. The molecule has 1 aromatic carbocycles. The van der Waals surface area contributed by atoms with Crippen LogP contribution in [0.5, 0.6) is 5.75 Å². The molecule has 0 aliphatic heterocycles. The smallest absolute Gasteiger partial charge is 0.118 e. The van der Waals surface area contributed by atoms with Crippen molar-refractivity contribution in [3.05, 3.63) is 29.8 Å². The molecule has 0 unspecified atom stereocenters. The van der Waals surface area contributed by atoms with Crippen molar-refractivity contribution in [2.75, 3.05) is 13.8 Å². The zero-order valence-electron chi connectivity index (χ0n) is 6.96. The van der Waals surface area contributed by atoms with E-state index in [2.05, 4.69) is 0 Å². The Morgan fingerprint density at radius 3 is 2.42 bits per heavy atom. The molecule has 0 amide bonds. The molecule has 0 saturated heterocycles. The second-order valence-electron chi connectivity index (χ2n) is 2.53. The van der Waals surface area contributed by atoms with Gasteiger partial charge in [-0.1, -0.05) is 12.1 Å². The van der Waals surface area contributed by atoms with Crippen molar-refractivity contribution in [3.63, 3.8) is 0 Å². The van der Waals surface area contributed by atoms with Gasteiger partial charge in [0.15, 0.2) is 0 Å². The van der Waals surface area contributed by atoms with Gasteiger partial charge in [0.25, 0.3) is 0 Å². The second kappa shape index (κ2) is 4.07. The van der Waals surface area contributed by atoms with Crippen LogP contribution in [0.1, 0.15) is 11.6 Å². The molecular weight excluding hydrogens is 157 g/mol. The fourth-order valence-electron chi connectivity index (χ4n) is 0.940. The third kappa shape index (κ3) is 1.95. The topological polar surface area (TPSA) is 35.2 Å². The lowest BCUT2D eigenvalue weighted by atomic mass is 10.1. The minimum Gasteiger partial charge on any atom is -0.497 e. The van der Waals surface area contributed by atoms with Crippen LogP contribution >= 0.6 is 0 Å². The number of rotatable bonds is 3. The Labute approximate surface area is 71.1 Å². The SMILES string of the molecule is COc1ccc([C@@H](N)CF)cc1. The molecule has 12 heavy (non-hydrogen) atoms. The van der Waals surface area contributed by atoms with E-state index in [-0.39, 0.29) is 0 Å². The quantitative estimate of drug-likeness (QED) is 0.746. The van der Waals surface area contributed by atoms with E-state index in [0.717, 1.165) is 11.3 Å². The molecule has 0 spiro atoms. The summed E-state index contributed by atoms with van der Waals surface area (Å²) in [6.45, 7) is -0.535. The summed E-state index contributed by atoms with van der Waals surface area (Å²) in [5.74, 6) is 0.754. The summed E-state index contributed by atoms with van der Waals surface area (Å²) < 4.78 is 17.0. The zero-order chi connectivity index (χ0) is 8.97. The Kier molecular flexibility index (Phi) is 3.05. The molecule has 3 heteroatoms. The molecule has 0 aliphatic rings. The monoisotopic (exact) mass is 169 g/mol. The largest absolute Gasteiger partial charge is 0.497 e. The van der Waals surface area contributed by atoms with Gasteiger partial charge in [-0.2, -0.15) is 0 Å². The number of benzene rings is 1. The maximum Gasteiger partial charge on any atom is 0.118 e. The average molecular weight is 169 g/mol. The lowest BCUT2D eigenvalue weighted by Crippen LogP contribution is -2.11. The first-order valence-electron chi connectivity index (χ1n) is 3.73. The minimum absolute atomic E-state index is 0.518. The van der Waals surface area contributed by atoms with Crippen LogP contribution in [0, 0.1) is 0 Å². The molecule has 66 valence electrons. The van der Waals surface area contributed by atoms with Crippen LogP contribution in [-0.2, 0) is 0 Å². The van der Waals surface area contributed by atoms with Crippen LogP contribution in [-0.4, -0.2) is 13.8 Å². The van der Waals surface area contributed by atoms with Gasteiger partial charge in [0.2, 0.25) is 0 Å². The number of nitrogens with two attached hydrogens (primary N) is 1. The van der Waals surface area contributed by atoms with Gasteiger partial charge in [-0.25, -0.2) is 4.39 Å². The number of methoxy groups -OCH3 is 1. The molecule has 2 nitrogen and oxygen atoms in total. The normalized spacial score (nSPS) is 12.6. The highest BCUT2D eigenvalue weighted by Gasteiger charge is 2.03. The molecule has 0 aromatic heterocycles. The fourth-order valence-corrected chi connectivity index (χ4v) is 0.940. The lowest BCUT2D eigenvalue weighted by molar-refractivity contribution is 0.413. The van der Waals surface area contributed by atoms with Crippen molar-refractivity contribution in [1.82, 2.24) is 0 Å². The van der Waals surface area contributed by atoms with E-state index in [9.17, 15) is 4.39 Å². The molecule has 1 atom stereocenters. The maximum atomic E-state index is 12.1. The minimum atomic E-state index is -0.535. The fraction of sp³-hybridized carbons (Fsp3) is 0.333. The van der Waals surface area contributed by atoms with Crippen molar-refractivity contribution in [1.29, 1.82) is 0 Å². The summed E-state index contributed by atoms with van der Waals surface area (Å²) in [7, 11) is 1.59. The molecular formula is C9H12FNO. The van der Waals surface area contributed by atoms with Crippen molar-refractivity contribution in [3.8, 4) is 5.75 Å². The van der Waals surface area contributed by atoms with Crippen LogP contribution in [0.15, 0.2) is 24.3 Å². The standard InChI is InChI=1S/C9H12FNO/c1-12-8-4-2-7(3-5-8)9(11)6-10/h2-5,9H,6,11H2,1H3/t9-/m0/s1. The molecule has 2 N–H and O–H groups in total. The molecule has 0 aliphatic carbocycles. The summed E-state index contributed by atoms with van der Waals surface area (Å²) in [5, 5.41) is 0. The van der Waals surface area contributed by atoms with Crippen LogP contribution in [0.25, 0.3) is 0 Å². The van der Waals surface area contributed by atoms with Crippen molar-refractivity contribution in [2.24, 2.45) is 5.73 Å². The van der Waals surface area contributed by atoms with E-state index in [1.165, 1.54) is 0 Å². The molecule has 0 bridgehead atoms. The number of alkyl halides is 1. The summed E-state index contributed by atoms with van der Waals surface area (Å²) in [6.07, 6.45) is 0. The van der Waals surface area contributed by atoms with Gasteiger partial charge in [0.1, 0.15) is 12.4 Å². The molecule has 0 fully saturated rings. The first-order chi connectivity index (χ1) is 5.77. The van der Waals surface area contributed by atoms with E-state index in [1.54, 1.807) is 31.4 Å². The molecule has 0 radical (unpaired) electrons. The predicted octanol–water partition coefficient (Wildman–Crippen LogP) is 1.66. The summed E-state index contributed by atoms with van der Waals surface area (Å²) >= 11 is 0. The second-order valence-corrected chi connectivity index (χ2v) is 2.53. The first-order valence-corrected chi connectivity index (χ1v) is 3.73. The van der Waals surface area contributed by atoms with Gasteiger partial charge < -0.3 is 10.5 Å². The Morgan fingerprint density at radius 2 is 2.00 bits per heavy atom. The van der Waals surface area contributed by atoms with Gasteiger partial charge in [-0.3, -0.25) is 0 Å². The molecule has 0 saturated carbocycles. The molecule has 0 heterocycles. The Morgan fingerprint density at radius 1 is 1.42 bits per heavy atom. The third-order valence-corrected chi connectivity index (χ3v) is 1.71. The van der Waals surface area contributed by atoms with E-state index in [0.29, 0.717) is 0 Å². The first kappa shape index (κ1) is 9.00. The molecule has 1 aromatic rings. The van der Waals surface area contributed by atoms with E-state index >= 15 is 0 Å². The van der Waals surface area contributed by atoms with Gasteiger partial charge >= 0.3 is 0 Å². The summed E-state index contributed by atoms with van der Waals surface area (Å²) in [6, 6.07) is 6.55. The summed E-state index contributed by atoms with van der Waals surface area (Å²) in [4.78, 5) is 0. The Bertz CT molecular complexity index is 235. The zero-order valence-corrected chi connectivity index (χ0v) is 6.96. The van der Waals surface area contributed by atoms with E-state index in [1.807, 2.05) is 0 Å². The van der Waals surface area contributed by atoms with Crippen LogP contribution in [0.4, 0.5) is 4.39 Å². The van der Waals surface area contributed by atoms with Gasteiger partial charge in [0, 0.05) is 0 Å². The lowest BCUT2D eigenvalue weighted by Gasteiger charge is -2.07. The van der Waals surface area contributed by atoms with Crippen LogP contribution < -0.4 is 10.5 Å². The number of ether oxygens (including phenoxy) is 1. The summed E-state index contributed by atoms with van der Waals surface area (Å²) in [5.41, 5.74) is 6.26. The van der Waals surface area contributed by atoms with Crippen LogP contribution in [0.2, 0.25) is 0 Å². The van der Waals surface area contributed by atoms with Crippen molar-refractivity contribution in [2.45, 2.75) is 6.04 Å². The third-order valence-electron chi connectivity index (χ3n) is 1.71. The van der Waals surface area contributed by atoms with Crippen molar-refractivity contribution >= 4 is 0 Å². The van der Waals surface area contributed by atoms with Gasteiger partial charge in [0.05, 0.1) is 13.2 Å². The van der Waals surface area contributed by atoms with Crippen molar-refractivity contribution < 1.29 is 9.13 Å². The van der Waals surface area contributed by atoms with Crippen LogP contribution in [0.3, 0.4) is 0 Å². The van der Waals surface area contributed by atoms with E-state index in [4.69, 9.17) is 10.5 Å². The van der Waals surface area contributed by atoms with Gasteiger partial charge in [-0.05, 0) is 17.7 Å². The Balaban J connectivity index is 2.77. The highest BCUT2D eigenvalue weighted by molar-refractivity contribution is 5.28. The van der Waals surface area contributed by atoms with Gasteiger partial charge in [-0.15, -0.1) is 0 Å². The average Bonchev–Trinajstić information content (AvgIpc) is 2.17. The van der Waals surface area contributed by atoms with E-state index < -0.39 is 12.7 Å². The highest BCUT2D eigenvalue weighted by Crippen LogP contribution is 2.15. The highest BCUT2D eigenvalue weighted by atomic mass is 19.1.